The minimum absolute atomic E-state index is 0.183. The molecule has 3 heterocycles. The zero-order chi connectivity index (χ0) is 22.1. The molecule has 162 valence electrons. The summed E-state index contributed by atoms with van der Waals surface area (Å²) in [5.41, 5.74) is -1.79. The van der Waals surface area contributed by atoms with Gasteiger partial charge in [0.1, 0.15) is 17.6 Å². The lowest BCUT2D eigenvalue weighted by molar-refractivity contribution is -0.138. The average Bonchev–Trinajstić information content (AvgIpc) is 3.10. The number of amides is 2. The number of carbonyl (C=O) groups is 2. The standard InChI is InChI=1S/C18H19F3N4O4S/c1-11-15(13(10-29-11)18(19,20)21)16(26)24-30(2,28)12-5-8-25(9-6-12)17(27)14-4-3-7-22-23-14/h3-4,7,10,12H,5-6,8-9H2,1-2H3. The largest absolute Gasteiger partial charge is 0.468 e. The van der Waals surface area contributed by atoms with Crippen molar-refractivity contribution in [3.63, 3.8) is 0 Å². The zero-order valence-corrected chi connectivity index (χ0v) is 17.0. The Bertz CT molecular complexity index is 1070. The van der Waals surface area contributed by atoms with Crippen LogP contribution in [0.2, 0.25) is 0 Å². The van der Waals surface area contributed by atoms with Crippen molar-refractivity contribution in [2.24, 2.45) is 4.36 Å². The molecular weight excluding hydrogens is 425 g/mol. The number of likely N-dealkylation sites (tertiary alicyclic amines) is 1. The first-order valence-corrected chi connectivity index (χ1v) is 11.0. The van der Waals surface area contributed by atoms with Crippen LogP contribution < -0.4 is 0 Å². The van der Waals surface area contributed by atoms with Gasteiger partial charge in [0.15, 0.2) is 5.69 Å². The molecule has 1 aliphatic rings. The SMILES string of the molecule is Cc1occ(C(F)(F)F)c1C(=O)N=S(C)(=O)C1CCN(C(=O)c2cccnn2)CC1. The predicted molar refractivity (Wildman–Crippen MR) is 100 cm³/mol. The molecule has 0 N–H and O–H groups in total. The van der Waals surface area contributed by atoms with Gasteiger partial charge >= 0.3 is 6.18 Å². The highest BCUT2D eigenvalue weighted by Crippen LogP contribution is 2.35. The zero-order valence-electron chi connectivity index (χ0n) is 16.2. The van der Waals surface area contributed by atoms with Gasteiger partial charge in [-0.05, 0) is 31.9 Å². The molecule has 3 rings (SSSR count). The van der Waals surface area contributed by atoms with Crippen molar-refractivity contribution >= 4 is 21.5 Å². The van der Waals surface area contributed by atoms with Crippen LogP contribution in [0.4, 0.5) is 13.2 Å². The summed E-state index contributed by atoms with van der Waals surface area (Å²) in [5, 5.41) is 6.88. The molecule has 0 saturated carbocycles. The highest BCUT2D eigenvalue weighted by molar-refractivity contribution is 7.93. The molecule has 2 aromatic heterocycles. The molecule has 30 heavy (non-hydrogen) atoms. The van der Waals surface area contributed by atoms with E-state index in [1.165, 1.54) is 30.3 Å². The van der Waals surface area contributed by atoms with Crippen molar-refractivity contribution < 1.29 is 31.4 Å². The molecule has 1 atom stereocenters. The van der Waals surface area contributed by atoms with Crippen molar-refractivity contribution in [1.82, 2.24) is 15.1 Å². The van der Waals surface area contributed by atoms with E-state index in [1.807, 2.05) is 0 Å². The second kappa shape index (κ2) is 8.17. The molecule has 8 nitrogen and oxygen atoms in total. The normalized spacial score (nSPS) is 17.4. The third-order valence-electron chi connectivity index (χ3n) is 4.90. The summed E-state index contributed by atoms with van der Waals surface area (Å²) in [6, 6.07) is 3.12. The van der Waals surface area contributed by atoms with Gasteiger partial charge in [0.05, 0.1) is 15.3 Å². The number of alkyl halides is 3. The number of aryl methyl sites for hydroxylation is 1. The Balaban J connectivity index is 1.75. The summed E-state index contributed by atoms with van der Waals surface area (Å²) < 4.78 is 60.7. The minimum Gasteiger partial charge on any atom is -0.468 e. The number of hydrogen-bond acceptors (Lipinski definition) is 6. The van der Waals surface area contributed by atoms with Crippen LogP contribution in [0.5, 0.6) is 0 Å². The lowest BCUT2D eigenvalue weighted by Crippen LogP contribution is -2.42. The first-order chi connectivity index (χ1) is 14.0. The molecule has 2 amide bonds. The monoisotopic (exact) mass is 444 g/mol. The molecule has 1 unspecified atom stereocenters. The molecule has 0 radical (unpaired) electrons. The van der Waals surface area contributed by atoms with Gasteiger partial charge in [-0.2, -0.15) is 22.6 Å². The van der Waals surface area contributed by atoms with E-state index in [2.05, 4.69) is 14.6 Å². The van der Waals surface area contributed by atoms with E-state index >= 15 is 0 Å². The van der Waals surface area contributed by atoms with Crippen molar-refractivity contribution in [1.29, 1.82) is 0 Å². The van der Waals surface area contributed by atoms with Crippen LogP contribution in [-0.4, -0.2) is 55.7 Å². The van der Waals surface area contributed by atoms with E-state index in [9.17, 15) is 27.0 Å². The summed E-state index contributed by atoms with van der Waals surface area (Å²) in [5.74, 6) is -1.78. The topological polar surface area (TPSA) is 106 Å². The van der Waals surface area contributed by atoms with E-state index in [-0.39, 0.29) is 43.3 Å². The maximum absolute atomic E-state index is 13.1. The van der Waals surface area contributed by atoms with Gasteiger partial charge in [-0.25, -0.2) is 4.21 Å². The molecule has 0 spiro atoms. The van der Waals surface area contributed by atoms with Gasteiger partial charge in [-0.1, -0.05) is 0 Å². The fraction of sp³-hybridized carbons (Fsp3) is 0.444. The van der Waals surface area contributed by atoms with Crippen LogP contribution in [0.25, 0.3) is 0 Å². The van der Waals surface area contributed by atoms with Gasteiger partial charge in [0.2, 0.25) is 0 Å². The average molecular weight is 444 g/mol. The molecule has 2 aromatic rings. The van der Waals surface area contributed by atoms with E-state index < -0.39 is 38.2 Å². The maximum atomic E-state index is 13.1. The molecule has 12 heteroatoms. The predicted octanol–water partition coefficient (Wildman–Crippen LogP) is 2.94. The minimum atomic E-state index is -4.79. The van der Waals surface area contributed by atoms with Crippen molar-refractivity contribution in [2.45, 2.75) is 31.2 Å². The number of furan rings is 1. The second-order valence-electron chi connectivity index (χ2n) is 6.94. The third kappa shape index (κ3) is 4.53. The van der Waals surface area contributed by atoms with Crippen molar-refractivity contribution in [3.05, 3.63) is 47.2 Å². The number of nitrogens with zero attached hydrogens (tertiary/aromatic N) is 4. The Morgan fingerprint density at radius 3 is 2.53 bits per heavy atom. The van der Waals surface area contributed by atoms with Crippen LogP contribution in [0.15, 0.2) is 33.4 Å². The molecule has 0 aliphatic carbocycles. The van der Waals surface area contributed by atoms with Crippen LogP contribution >= 0.6 is 0 Å². The van der Waals surface area contributed by atoms with E-state index in [1.54, 1.807) is 6.07 Å². The first-order valence-electron chi connectivity index (χ1n) is 8.98. The number of piperidine rings is 1. The molecule has 0 aromatic carbocycles. The van der Waals surface area contributed by atoms with E-state index in [4.69, 9.17) is 4.42 Å². The molecule has 0 bridgehead atoms. The van der Waals surface area contributed by atoms with Gasteiger partial charge in [-0.15, -0.1) is 5.10 Å². The number of aromatic nitrogens is 2. The highest BCUT2D eigenvalue weighted by atomic mass is 32.2. The van der Waals surface area contributed by atoms with E-state index in [0.717, 1.165) is 0 Å². The molecular formula is C18H19F3N4O4S. The summed E-state index contributed by atoms with van der Waals surface area (Å²) in [6.45, 7) is 1.73. The van der Waals surface area contributed by atoms with Crippen LogP contribution in [-0.2, 0) is 15.9 Å². The Labute approximate surface area is 170 Å². The van der Waals surface area contributed by atoms with Gasteiger partial charge < -0.3 is 9.32 Å². The van der Waals surface area contributed by atoms with Gasteiger partial charge in [0.25, 0.3) is 11.8 Å². The lowest BCUT2D eigenvalue weighted by atomic mass is 10.1. The summed E-state index contributed by atoms with van der Waals surface area (Å²) in [6.07, 6.45) is -1.08. The van der Waals surface area contributed by atoms with E-state index in [0.29, 0.717) is 6.26 Å². The number of carbonyl (C=O) groups excluding carboxylic acids is 2. The molecule has 1 aliphatic heterocycles. The Morgan fingerprint density at radius 2 is 1.97 bits per heavy atom. The van der Waals surface area contributed by atoms with Crippen LogP contribution in [0, 0.1) is 6.92 Å². The van der Waals surface area contributed by atoms with Crippen molar-refractivity contribution in [2.75, 3.05) is 19.3 Å². The van der Waals surface area contributed by atoms with Gasteiger partial charge in [0, 0.05) is 30.8 Å². The Kier molecular flexibility index (Phi) is 5.97. The second-order valence-corrected chi connectivity index (χ2v) is 9.51. The number of halogens is 3. The first kappa shape index (κ1) is 21.9. The molecule has 1 saturated heterocycles. The Hall–Kier alpha value is -2.76. The fourth-order valence-corrected chi connectivity index (χ4v) is 4.94. The summed E-state index contributed by atoms with van der Waals surface area (Å²) in [4.78, 5) is 26.4. The van der Waals surface area contributed by atoms with Crippen LogP contribution in [0.1, 0.15) is 45.0 Å². The molecule has 1 fully saturated rings. The third-order valence-corrected chi connectivity index (χ3v) is 7.13. The van der Waals surface area contributed by atoms with Crippen molar-refractivity contribution in [3.8, 4) is 0 Å². The fourth-order valence-electron chi connectivity index (χ4n) is 3.29. The number of rotatable bonds is 3. The Morgan fingerprint density at radius 1 is 1.30 bits per heavy atom. The lowest BCUT2D eigenvalue weighted by Gasteiger charge is -2.32. The highest BCUT2D eigenvalue weighted by Gasteiger charge is 2.39. The van der Waals surface area contributed by atoms with Crippen LogP contribution in [0.3, 0.4) is 0 Å². The summed E-state index contributed by atoms with van der Waals surface area (Å²) in [7, 11) is -3.15. The number of hydrogen-bond donors (Lipinski definition) is 0. The smallest absolute Gasteiger partial charge is 0.420 e. The summed E-state index contributed by atoms with van der Waals surface area (Å²) >= 11 is 0. The maximum Gasteiger partial charge on any atom is 0.420 e. The van der Waals surface area contributed by atoms with Gasteiger partial charge in [-0.3, -0.25) is 9.59 Å². The quantitative estimate of drug-likeness (QED) is 0.721.